The molecule has 0 saturated heterocycles. The summed E-state index contributed by atoms with van der Waals surface area (Å²) in [5.41, 5.74) is 0.163. The second-order valence-electron chi connectivity index (χ2n) is 3.30. The van der Waals surface area contributed by atoms with Crippen molar-refractivity contribution >= 4 is 28.7 Å². The van der Waals surface area contributed by atoms with Gasteiger partial charge in [0.1, 0.15) is 11.6 Å². The maximum atomic E-state index is 13.1. The summed E-state index contributed by atoms with van der Waals surface area (Å²) in [6.45, 7) is 0. The first-order chi connectivity index (χ1) is 8.11. The first kappa shape index (κ1) is 12.1. The van der Waals surface area contributed by atoms with Crippen molar-refractivity contribution in [1.82, 2.24) is 0 Å². The number of thiophene rings is 1. The van der Waals surface area contributed by atoms with E-state index in [1.54, 1.807) is 11.4 Å². The molecule has 5 heteroatoms. The Kier molecular flexibility index (Phi) is 3.45. The van der Waals surface area contributed by atoms with Crippen LogP contribution in [0.1, 0.15) is 15.2 Å². The van der Waals surface area contributed by atoms with Crippen LogP contribution < -0.4 is 4.74 Å². The Morgan fingerprint density at radius 3 is 2.82 bits per heavy atom. The zero-order valence-corrected chi connectivity index (χ0v) is 10.4. The summed E-state index contributed by atoms with van der Waals surface area (Å²) in [6, 6.07) is 5.33. The quantitative estimate of drug-likeness (QED) is 0.794. The molecule has 0 unspecified atom stereocenters. The number of hydrogen-bond acceptors (Lipinski definition) is 3. The van der Waals surface area contributed by atoms with Crippen molar-refractivity contribution < 1.29 is 13.9 Å². The number of hydrogen-bond donors (Lipinski definition) is 0. The number of ether oxygens (including phenoxy) is 1. The van der Waals surface area contributed by atoms with E-state index in [4.69, 9.17) is 16.3 Å². The third-order valence-electron chi connectivity index (χ3n) is 2.21. The molecule has 17 heavy (non-hydrogen) atoms. The molecule has 0 radical (unpaired) electrons. The highest BCUT2D eigenvalue weighted by atomic mass is 35.5. The zero-order valence-electron chi connectivity index (χ0n) is 8.87. The van der Waals surface area contributed by atoms with Crippen LogP contribution in [0.2, 0.25) is 5.02 Å². The van der Waals surface area contributed by atoms with Gasteiger partial charge in [-0.05, 0) is 18.2 Å². The van der Waals surface area contributed by atoms with Gasteiger partial charge in [-0.25, -0.2) is 4.39 Å². The lowest BCUT2D eigenvalue weighted by molar-refractivity contribution is 0.104. The van der Waals surface area contributed by atoms with Gasteiger partial charge in [0.05, 0.1) is 17.0 Å². The molecule has 1 heterocycles. The van der Waals surface area contributed by atoms with Gasteiger partial charge in [-0.3, -0.25) is 4.79 Å². The molecule has 1 aromatic heterocycles. The van der Waals surface area contributed by atoms with E-state index in [1.165, 1.54) is 30.6 Å². The Morgan fingerprint density at radius 1 is 1.41 bits per heavy atom. The highest BCUT2D eigenvalue weighted by Crippen LogP contribution is 2.26. The van der Waals surface area contributed by atoms with Gasteiger partial charge in [-0.2, -0.15) is 0 Å². The maximum Gasteiger partial charge on any atom is 0.204 e. The SMILES string of the molecule is COc1csc(C(=O)c2cc(F)ccc2Cl)c1. The van der Waals surface area contributed by atoms with Crippen LogP contribution in [0.3, 0.4) is 0 Å². The molecular formula is C12H8ClFO2S. The fourth-order valence-electron chi connectivity index (χ4n) is 1.35. The van der Waals surface area contributed by atoms with Crippen molar-refractivity contribution in [2.45, 2.75) is 0 Å². The van der Waals surface area contributed by atoms with Crippen molar-refractivity contribution in [3.8, 4) is 5.75 Å². The number of methoxy groups -OCH3 is 1. The van der Waals surface area contributed by atoms with Gasteiger partial charge in [-0.15, -0.1) is 11.3 Å². The summed E-state index contributed by atoms with van der Waals surface area (Å²) in [4.78, 5) is 12.5. The molecule has 0 aliphatic rings. The smallest absolute Gasteiger partial charge is 0.204 e. The summed E-state index contributed by atoms with van der Waals surface area (Å²) in [6.07, 6.45) is 0. The number of benzene rings is 1. The molecule has 88 valence electrons. The Hall–Kier alpha value is -1.39. The summed E-state index contributed by atoms with van der Waals surface area (Å²) in [7, 11) is 1.52. The van der Waals surface area contributed by atoms with Gasteiger partial charge < -0.3 is 4.74 Å². The number of ketones is 1. The molecule has 2 nitrogen and oxygen atoms in total. The van der Waals surface area contributed by atoms with Crippen LogP contribution in [0, 0.1) is 5.82 Å². The molecule has 2 rings (SSSR count). The highest BCUT2D eigenvalue weighted by molar-refractivity contribution is 7.12. The fraction of sp³-hybridized carbons (Fsp3) is 0.0833. The third kappa shape index (κ3) is 2.48. The number of carbonyl (C=O) groups excluding carboxylic acids is 1. The molecule has 0 N–H and O–H groups in total. The topological polar surface area (TPSA) is 26.3 Å². The van der Waals surface area contributed by atoms with Crippen molar-refractivity contribution in [2.75, 3.05) is 7.11 Å². The standard InChI is InChI=1S/C12H8ClFO2S/c1-16-8-5-11(17-6-8)12(15)9-4-7(14)2-3-10(9)13/h2-6H,1H3. The van der Waals surface area contributed by atoms with Crippen LogP contribution in [0.25, 0.3) is 0 Å². The summed E-state index contributed by atoms with van der Waals surface area (Å²) >= 11 is 7.10. The molecular weight excluding hydrogens is 263 g/mol. The minimum absolute atomic E-state index is 0.163. The normalized spacial score (nSPS) is 10.3. The number of carbonyl (C=O) groups is 1. The molecule has 0 amide bonds. The average molecular weight is 271 g/mol. The Labute approximate surface area is 107 Å². The fourth-order valence-corrected chi connectivity index (χ4v) is 2.36. The molecule has 0 saturated carbocycles. The van der Waals surface area contributed by atoms with Gasteiger partial charge in [0, 0.05) is 17.0 Å². The molecule has 0 spiro atoms. The zero-order chi connectivity index (χ0) is 12.4. The van der Waals surface area contributed by atoms with E-state index in [9.17, 15) is 9.18 Å². The average Bonchev–Trinajstić information content (AvgIpc) is 2.80. The van der Waals surface area contributed by atoms with Crippen LogP contribution in [-0.4, -0.2) is 12.9 Å². The molecule has 0 aliphatic heterocycles. The van der Waals surface area contributed by atoms with E-state index in [-0.39, 0.29) is 16.4 Å². The van der Waals surface area contributed by atoms with Crippen molar-refractivity contribution in [3.63, 3.8) is 0 Å². The van der Waals surface area contributed by atoms with E-state index in [0.717, 1.165) is 6.07 Å². The van der Waals surface area contributed by atoms with Gasteiger partial charge >= 0.3 is 0 Å². The predicted molar refractivity (Wildman–Crippen MR) is 65.7 cm³/mol. The summed E-state index contributed by atoms with van der Waals surface area (Å²) < 4.78 is 18.0. The Morgan fingerprint density at radius 2 is 2.18 bits per heavy atom. The van der Waals surface area contributed by atoms with Gasteiger partial charge in [0.2, 0.25) is 5.78 Å². The third-order valence-corrected chi connectivity index (χ3v) is 3.44. The predicted octanol–water partition coefficient (Wildman–Crippen LogP) is 3.78. The number of rotatable bonds is 3. The summed E-state index contributed by atoms with van der Waals surface area (Å²) in [5.74, 6) is -0.185. The van der Waals surface area contributed by atoms with Crippen LogP contribution in [0.5, 0.6) is 5.75 Å². The largest absolute Gasteiger partial charge is 0.496 e. The van der Waals surface area contributed by atoms with E-state index >= 15 is 0 Å². The Bertz CT molecular complexity index is 565. The molecule has 0 fully saturated rings. The monoisotopic (exact) mass is 270 g/mol. The lowest BCUT2D eigenvalue weighted by Gasteiger charge is -2.01. The van der Waals surface area contributed by atoms with E-state index in [2.05, 4.69) is 0 Å². The van der Waals surface area contributed by atoms with E-state index < -0.39 is 5.82 Å². The van der Waals surface area contributed by atoms with E-state index in [0.29, 0.717) is 10.6 Å². The maximum absolute atomic E-state index is 13.1. The minimum Gasteiger partial charge on any atom is -0.496 e. The van der Waals surface area contributed by atoms with Crippen LogP contribution in [0.15, 0.2) is 29.6 Å². The Balaban J connectivity index is 2.39. The van der Waals surface area contributed by atoms with Gasteiger partial charge in [-0.1, -0.05) is 11.6 Å². The van der Waals surface area contributed by atoms with Crippen molar-refractivity contribution in [2.24, 2.45) is 0 Å². The second-order valence-corrected chi connectivity index (χ2v) is 4.62. The molecule has 0 atom stereocenters. The van der Waals surface area contributed by atoms with Crippen LogP contribution in [-0.2, 0) is 0 Å². The number of halogens is 2. The van der Waals surface area contributed by atoms with E-state index in [1.807, 2.05) is 0 Å². The van der Waals surface area contributed by atoms with Gasteiger partial charge in [0.25, 0.3) is 0 Å². The van der Waals surface area contributed by atoms with Crippen molar-refractivity contribution in [3.05, 3.63) is 50.9 Å². The highest BCUT2D eigenvalue weighted by Gasteiger charge is 2.16. The molecule has 0 bridgehead atoms. The molecule has 0 aliphatic carbocycles. The van der Waals surface area contributed by atoms with Gasteiger partial charge in [0.15, 0.2) is 0 Å². The van der Waals surface area contributed by atoms with Crippen LogP contribution in [0.4, 0.5) is 4.39 Å². The molecule has 2 aromatic rings. The lowest BCUT2D eigenvalue weighted by atomic mass is 10.1. The second kappa shape index (κ2) is 4.85. The first-order valence-electron chi connectivity index (χ1n) is 4.74. The first-order valence-corrected chi connectivity index (χ1v) is 6.00. The van der Waals surface area contributed by atoms with Crippen LogP contribution >= 0.6 is 22.9 Å². The van der Waals surface area contributed by atoms with Crippen molar-refractivity contribution in [1.29, 1.82) is 0 Å². The molecule has 1 aromatic carbocycles. The summed E-state index contributed by atoms with van der Waals surface area (Å²) in [5, 5.41) is 1.95. The minimum atomic E-state index is -0.485. The lowest BCUT2D eigenvalue weighted by Crippen LogP contribution is -2.00.